The van der Waals surface area contributed by atoms with E-state index in [2.05, 4.69) is 5.32 Å². The van der Waals surface area contributed by atoms with Crippen LogP contribution in [0, 0.1) is 11.8 Å². The first-order valence-electron chi connectivity index (χ1n) is 6.81. The maximum atomic E-state index is 12.3. The smallest absolute Gasteiger partial charge is 0.277 e. The normalized spacial score (nSPS) is 25.7. The molecule has 1 N–H and O–H groups in total. The number of hydrogen-bond acceptors (Lipinski definition) is 3. The van der Waals surface area contributed by atoms with Crippen LogP contribution in [0.3, 0.4) is 0 Å². The molecule has 1 saturated heterocycles. The molecule has 4 amide bonds. The number of nitrogens with one attached hydrogen (secondary N) is 1. The number of carbonyl (C=O) groups excluding carboxylic acids is 3. The average Bonchev–Trinajstić information content (AvgIpc) is 2.82. The molecule has 0 aromatic heterocycles. The van der Waals surface area contributed by atoms with Gasteiger partial charge in [0, 0.05) is 6.54 Å². The van der Waals surface area contributed by atoms with E-state index in [4.69, 9.17) is 0 Å². The summed E-state index contributed by atoms with van der Waals surface area (Å²) in [5.41, 5.74) is 0. The second-order valence-electron chi connectivity index (χ2n) is 5.16. The summed E-state index contributed by atoms with van der Waals surface area (Å²) in [5.74, 6) is -1.20. The molecule has 0 aromatic carbocycles. The number of rotatable bonds is 4. The largest absolute Gasteiger partial charge is 0.330 e. The van der Waals surface area contributed by atoms with E-state index < -0.39 is 17.9 Å². The van der Waals surface area contributed by atoms with Crippen LogP contribution in [0.25, 0.3) is 0 Å². The second-order valence-corrected chi connectivity index (χ2v) is 5.16. The Hall–Kier alpha value is -1.39. The quantitative estimate of drug-likeness (QED) is 0.774. The van der Waals surface area contributed by atoms with E-state index in [0.717, 1.165) is 38.5 Å². The summed E-state index contributed by atoms with van der Waals surface area (Å²) in [7, 11) is 0. The molecule has 1 aliphatic carbocycles. The van der Waals surface area contributed by atoms with E-state index in [1.54, 1.807) is 0 Å². The molecule has 0 spiro atoms. The SMILES string of the molecule is CCCCN1C(=O)NC(=O)C(C2CCCC2)C1=O. The molecule has 0 bridgehead atoms. The van der Waals surface area contributed by atoms with Gasteiger partial charge in [0.15, 0.2) is 0 Å². The van der Waals surface area contributed by atoms with Gasteiger partial charge in [-0.3, -0.25) is 19.8 Å². The molecule has 2 fully saturated rings. The lowest BCUT2D eigenvalue weighted by atomic mass is 9.87. The Kier molecular flexibility index (Phi) is 3.99. The van der Waals surface area contributed by atoms with E-state index in [9.17, 15) is 14.4 Å². The van der Waals surface area contributed by atoms with Gasteiger partial charge in [-0.25, -0.2) is 4.79 Å². The highest BCUT2D eigenvalue weighted by Crippen LogP contribution is 2.33. The van der Waals surface area contributed by atoms with E-state index in [-0.39, 0.29) is 11.8 Å². The Balaban J connectivity index is 2.11. The summed E-state index contributed by atoms with van der Waals surface area (Å²) in [6.07, 6.45) is 5.68. The van der Waals surface area contributed by atoms with Crippen LogP contribution in [0.4, 0.5) is 4.79 Å². The van der Waals surface area contributed by atoms with E-state index in [1.807, 2.05) is 6.92 Å². The molecule has 0 radical (unpaired) electrons. The van der Waals surface area contributed by atoms with Crippen molar-refractivity contribution in [2.24, 2.45) is 11.8 Å². The van der Waals surface area contributed by atoms with E-state index in [1.165, 1.54) is 4.90 Å². The van der Waals surface area contributed by atoms with Crippen molar-refractivity contribution in [1.82, 2.24) is 10.2 Å². The van der Waals surface area contributed by atoms with Gasteiger partial charge >= 0.3 is 6.03 Å². The number of carbonyl (C=O) groups is 3. The molecular formula is C13H20N2O3. The molecule has 18 heavy (non-hydrogen) atoms. The first kappa shape index (κ1) is 13.1. The first-order chi connectivity index (χ1) is 8.65. The summed E-state index contributed by atoms with van der Waals surface area (Å²) < 4.78 is 0. The van der Waals surface area contributed by atoms with Crippen LogP contribution < -0.4 is 5.32 Å². The Morgan fingerprint density at radius 3 is 2.50 bits per heavy atom. The standard InChI is InChI=1S/C13H20N2O3/c1-2-3-8-15-12(17)10(9-6-4-5-7-9)11(16)14-13(15)18/h9-10H,2-8H2,1H3,(H,14,16,18). The molecule has 100 valence electrons. The van der Waals surface area contributed by atoms with Gasteiger partial charge in [-0.1, -0.05) is 26.2 Å². The summed E-state index contributed by atoms with van der Waals surface area (Å²) in [6.45, 7) is 2.42. The molecular weight excluding hydrogens is 232 g/mol. The number of barbiturate groups is 1. The zero-order valence-electron chi connectivity index (χ0n) is 10.8. The average molecular weight is 252 g/mol. The highest BCUT2D eigenvalue weighted by molar-refractivity contribution is 6.16. The van der Waals surface area contributed by atoms with Gasteiger partial charge in [0.1, 0.15) is 5.92 Å². The Labute approximate surface area is 107 Å². The molecule has 1 heterocycles. The van der Waals surface area contributed by atoms with Crippen LogP contribution in [0.1, 0.15) is 45.4 Å². The first-order valence-corrected chi connectivity index (χ1v) is 6.81. The molecule has 5 nitrogen and oxygen atoms in total. The summed E-state index contributed by atoms with van der Waals surface area (Å²) in [4.78, 5) is 37.0. The zero-order valence-corrected chi connectivity index (χ0v) is 10.8. The second kappa shape index (κ2) is 5.50. The molecule has 5 heteroatoms. The van der Waals surface area contributed by atoms with Crippen molar-refractivity contribution in [3.63, 3.8) is 0 Å². The van der Waals surface area contributed by atoms with Crippen molar-refractivity contribution in [1.29, 1.82) is 0 Å². The third kappa shape index (κ3) is 2.40. The van der Waals surface area contributed by atoms with Gasteiger partial charge in [0.25, 0.3) is 0 Å². The Morgan fingerprint density at radius 1 is 1.22 bits per heavy atom. The van der Waals surface area contributed by atoms with Crippen LogP contribution >= 0.6 is 0 Å². The minimum absolute atomic E-state index is 0.120. The highest BCUT2D eigenvalue weighted by atomic mass is 16.2. The van der Waals surface area contributed by atoms with Crippen molar-refractivity contribution < 1.29 is 14.4 Å². The molecule has 1 atom stereocenters. The van der Waals surface area contributed by atoms with Gasteiger partial charge in [-0.15, -0.1) is 0 Å². The lowest BCUT2D eigenvalue weighted by Gasteiger charge is -2.32. The summed E-state index contributed by atoms with van der Waals surface area (Å²) in [6, 6.07) is -0.548. The predicted octanol–water partition coefficient (Wildman–Crippen LogP) is 1.67. The minimum atomic E-state index is -0.637. The number of amides is 4. The molecule has 1 aliphatic heterocycles. The van der Waals surface area contributed by atoms with Gasteiger partial charge in [0.2, 0.25) is 11.8 Å². The zero-order chi connectivity index (χ0) is 13.1. The van der Waals surface area contributed by atoms with Crippen LogP contribution in [-0.2, 0) is 9.59 Å². The van der Waals surface area contributed by atoms with Crippen LogP contribution in [0.15, 0.2) is 0 Å². The van der Waals surface area contributed by atoms with E-state index in [0.29, 0.717) is 6.54 Å². The number of nitrogens with zero attached hydrogens (tertiary/aromatic N) is 1. The fourth-order valence-electron chi connectivity index (χ4n) is 2.87. The number of unbranched alkanes of at least 4 members (excludes halogenated alkanes) is 1. The van der Waals surface area contributed by atoms with Crippen LogP contribution in [0.2, 0.25) is 0 Å². The molecule has 1 unspecified atom stereocenters. The van der Waals surface area contributed by atoms with Crippen LogP contribution in [-0.4, -0.2) is 29.3 Å². The molecule has 2 aliphatic rings. The highest BCUT2D eigenvalue weighted by Gasteiger charge is 2.44. The predicted molar refractivity (Wildman–Crippen MR) is 65.6 cm³/mol. The Morgan fingerprint density at radius 2 is 1.89 bits per heavy atom. The maximum absolute atomic E-state index is 12.3. The lowest BCUT2D eigenvalue weighted by Crippen LogP contribution is -2.59. The minimum Gasteiger partial charge on any atom is -0.277 e. The van der Waals surface area contributed by atoms with Crippen molar-refractivity contribution in [3.8, 4) is 0 Å². The number of imide groups is 2. The number of urea groups is 1. The maximum Gasteiger partial charge on any atom is 0.330 e. The topological polar surface area (TPSA) is 66.5 Å². The molecule has 0 aromatic rings. The van der Waals surface area contributed by atoms with Gasteiger partial charge in [-0.2, -0.15) is 0 Å². The Bertz CT molecular complexity index is 361. The summed E-state index contributed by atoms with van der Waals surface area (Å²) in [5, 5.41) is 2.32. The van der Waals surface area contributed by atoms with Crippen molar-refractivity contribution in [2.45, 2.75) is 45.4 Å². The monoisotopic (exact) mass is 252 g/mol. The number of hydrogen-bond donors (Lipinski definition) is 1. The van der Waals surface area contributed by atoms with Crippen molar-refractivity contribution >= 4 is 17.8 Å². The van der Waals surface area contributed by atoms with Gasteiger partial charge in [-0.05, 0) is 25.2 Å². The fourth-order valence-corrected chi connectivity index (χ4v) is 2.87. The fraction of sp³-hybridized carbons (Fsp3) is 0.769. The van der Waals surface area contributed by atoms with Crippen molar-refractivity contribution in [2.75, 3.05) is 6.54 Å². The molecule has 1 saturated carbocycles. The van der Waals surface area contributed by atoms with Crippen LogP contribution in [0.5, 0.6) is 0 Å². The van der Waals surface area contributed by atoms with Gasteiger partial charge in [0.05, 0.1) is 0 Å². The third-order valence-electron chi connectivity index (χ3n) is 3.90. The summed E-state index contributed by atoms with van der Waals surface area (Å²) >= 11 is 0. The van der Waals surface area contributed by atoms with Crippen molar-refractivity contribution in [3.05, 3.63) is 0 Å². The molecule has 2 rings (SSSR count). The van der Waals surface area contributed by atoms with E-state index >= 15 is 0 Å². The lowest BCUT2D eigenvalue weighted by molar-refractivity contribution is -0.145. The third-order valence-corrected chi connectivity index (χ3v) is 3.90. The van der Waals surface area contributed by atoms with Gasteiger partial charge < -0.3 is 0 Å².